The molecule has 1 N–H and O–H groups in total. The van der Waals surface area contributed by atoms with Crippen LogP contribution in [0.2, 0.25) is 0 Å². The molecule has 1 saturated heterocycles. The van der Waals surface area contributed by atoms with E-state index in [1.54, 1.807) is 6.92 Å². The van der Waals surface area contributed by atoms with Gasteiger partial charge in [-0.3, -0.25) is 4.79 Å². The molecule has 1 aliphatic heterocycles. The third kappa shape index (κ3) is 1.78. The predicted octanol–water partition coefficient (Wildman–Crippen LogP) is 3.12. The molecule has 0 atom stereocenters. The number of carboxylic acid groups (broad SMARTS) is 1. The molecule has 0 aromatic carbocycles. The minimum Gasteiger partial charge on any atom is -0.481 e. The van der Waals surface area contributed by atoms with E-state index < -0.39 is 29.7 Å². The van der Waals surface area contributed by atoms with Crippen LogP contribution in [0, 0.1) is 10.8 Å². The molecular weight excluding hydrogens is 274 g/mol. The van der Waals surface area contributed by atoms with Crippen molar-refractivity contribution in [1.29, 1.82) is 0 Å². The van der Waals surface area contributed by atoms with Crippen LogP contribution in [0.4, 0.5) is 4.39 Å². The summed E-state index contributed by atoms with van der Waals surface area (Å²) in [5.41, 5.74) is -1.81. The van der Waals surface area contributed by atoms with E-state index in [4.69, 9.17) is 14.4 Å². The molecule has 4 fully saturated rings. The Morgan fingerprint density at radius 2 is 1.48 bits per heavy atom. The third-order valence-electron chi connectivity index (χ3n) is 6.10. The molecule has 21 heavy (non-hydrogen) atoms. The molecule has 1 heterocycles. The summed E-state index contributed by atoms with van der Waals surface area (Å²) in [6.45, 7) is 9.28. The lowest BCUT2D eigenvalue weighted by Crippen LogP contribution is -2.66. The summed E-state index contributed by atoms with van der Waals surface area (Å²) >= 11 is 0. The second-order valence-corrected chi connectivity index (χ2v) is 7.96. The maximum Gasteiger partial charge on any atom is 0.525 e. The molecule has 3 aliphatic carbocycles. The Labute approximate surface area is 124 Å². The first-order valence-corrected chi connectivity index (χ1v) is 7.41. The van der Waals surface area contributed by atoms with Gasteiger partial charge in [0.1, 0.15) is 5.73 Å². The topological polar surface area (TPSA) is 55.8 Å². The van der Waals surface area contributed by atoms with E-state index in [0.29, 0.717) is 24.8 Å². The zero-order chi connectivity index (χ0) is 15.8. The number of hydrogen-bond acceptors (Lipinski definition) is 3. The molecule has 0 unspecified atom stereocenters. The largest absolute Gasteiger partial charge is 0.525 e. The van der Waals surface area contributed by atoms with Crippen molar-refractivity contribution in [3.05, 3.63) is 11.3 Å². The third-order valence-corrected chi connectivity index (χ3v) is 6.10. The van der Waals surface area contributed by atoms with Gasteiger partial charge in [0.2, 0.25) is 0 Å². The average Bonchev–Trinajstić information content (AvgIpc) is 2.42. The van der Waals surface area contributed by atoms with E-state index in [1.165, 1.54) is 0 Å². The van der Waals surface area contributed by atoms with Gasteiger partial charge in [0.05, 0.1) is 16.6 Å². The first-order chi connectivity index (χ1) is 9.45. The molecule has 4 aliphatic rings. The average molecular weight is 296 g/mol. The van der Waals surface area contributed by atoms with Crippen LogP contribution in [0.1, 0.15) is 53.9 Å². The highest BCUT2D eigenvalue weighted by atomic mass is 19.1. The second kappa shape index (κ2) is 3.90. The van der Waals surface area contributed by atoms with Gasteiger partial charge in [-0.1, -0.05) is 0 Å². The highest BCUT2D eigenvalue weighted by Crippen LogP contribution is 2.76. The normalized spacial score (nSPS) is 40.2. The van der Waals surface area contributed by atoms with Gasteiger partial charge >= 0.3 is 13.1 Å². The second-order valence-electron chi connectivity index (χ2n) is 7.96. The minimum atomic E-state index is -0.982. The summed E-state index contributed by atoms with van der Waals surface area (Å²) < 4.78 is 26.2. The molecule has 0 amide bonds. The summed E-state index contributed by atoms with van der Waals surface area (Å²) in [5, 5.41) is 9.15. The van der Waals surface area contributed by atoms with Crippen LogP contribution in [-0.4, -0.2) is 29.4 Å². The van der Waals surface area contributed by atoms with Gasteiger partial charge in [-0.25, -0.2) is 4.39 Å². The number of carboxylic acids is 1. The molecule has 4 nitrogen and oxygen atoms in total. The van der Waals surface area contributed by atoms with E-state index in [1.807, 2.05) is 27.7 Å². The van der Waals surface area contributed by atoms with E-state index in [0.717, 1.165) is 0 Å². The SMILES string of the molecule is CC(=C(F)B1OC(C)(C)C(C)(C)O1)C12CC(C(=O)O)(C1)C2. The molecule has 6 heteroatoms. The van der Waals surface area contributed by atoms with Crippen LogP contribution in [0.15, 0.2) is 11.3 Å². The summed E-state index contributed by atoms with van der Waals surface area (Å²) in [6.07, 6.45) is 1.61. The molecule has 3 saturated carbocycles. The van der Waals surface area contributed by atoms with Crippen LogP contribution in [0.5, 0.6) is 0 Å². The van der Waals surface area contributed by atoms with Crippen LogP contribution >= 0.6 is 0 Å². The van der Waals surface area contributed by atoms with Gasteiger partial charge in [-0.2, -0.15) is 0 Å². The van der Waals surface area contributed by atoms with E-state index in [9.17, 15) is 9.18 Å². The van der Waals surface area contributed by atoms with Gasteiger partial charge in [0.25, 0.3) is 0 Å². The molecular formula is C15H22BFO4. The zero-order valence-electron chi connectivity index (χ0n) is 13.2. The van der Waals surface area contributed by atoms with Crippen molar-refractivity contribution in [2.45, 2.75) is 65.1 Å². The highest BCUT2D eigenvalue weighted by molar-refractivity contribution is 6.53. The van der Waals surface area contributed by atoms with E-state index in [-0.39, 0.29) is 11.1 Å². The smallest absolute Gasteiger partial charge is 0.481 e. The number of rotatable bonds is 3. The fourth-order valence-electron chi connectivity index (χ4n) is 3.79. The number of carbonyl (C=O) groups is 1. The summed E-state index contributed by atoms with van der Waals surface area (Å²) in [5.74, 6) is -0.756. The Kier molecular flexibility index (Phi) is 2.79. The highest BCUT2D eigenvalue weighted by Gasteiger charge is 2.73. The number of allylic oxidation sites excluding steroid dienone is 1. The Morgan fingerprint density at radius 1 is 1.05 bits per heavy atom. The fourth-order valence-corrected chi connectivity index (χ4v) is 3.79. The number of halogens is 1. The first-order valence-electron chi connectivity index (χ1n) is 7.41. The van der Waals surface area contributed by atoms with Crippen LogP contribution in [0.3, 0.4) is 0 Å². The predicted molar refractivity (Wildman–Crippen MR) is 76.2 cm³/mol. The molecule has 4 rings (SSSR count). The van der Waals surface area contributed by atoms with Gasteiger partial charge in [0.15, 0.2) is 0 Å². The Bertz CT molecular complexity index is 516. The summed E-state index contributed by atoms with van der Waals surface area (Å²) in [6, 6.07) is 0. The number of aliphatic carboxylic acids is 1. The molecule has 0 aromatic rings. The molecule has 0 aromatic heterocycles. The van der Waals surface area contributed by atoms with E-state index >= 15 is 0 Å². The Hall–Kier alpha value is -0.875. The lowest BCUT2D eigenvalue weighted by Gasteiger charge is -2.69. The van der Waals surface area contributed by atoms with Gasteiger partial charge in [-0.15, -0.1) is 0 Å². The molecule has 2 bridgehead atoms. The lowest BCUT2D eigenvalue weighted by molar-refractivity contribution is -0.209. The van der Waals surface area contributed by atoms with Crippen LogP contribution in [-0.2, 0) is 14.1 Å². The zero-order valence-corrected chi connectivity index (χ0v) is 13.2. The van der Waals surface area contributed by atoms with Gasteiger partial charge < -0.3 is 14.4 Å². The summed E-state index contributed by atoms with van der Waals surface area (Å²) in [7, 11) is -0.982. The van der Waals surface area contributed by atoms with Crippen molar-refractivity contribution in [3.8, 4) is 0 Å². The van der Waals surface area contributed by atoms with Crippen molar-refractivity contribution in [1.82, 2.24) is 0 Å². The van der Waals surface area contributed by atoms with Crippen molar-refractivity contribution in [2.24, 2.45) is 10.8 Å². The van der Waals surface area contributed by atoms with E-state index in [2.05, 4.69) is 0 Å². The maximum absolute atomic E-state index is 14.7. The van der Waals surface area contributed by atoms with Gasteiger partial charge in [-0.05, 0) is 64.9 Å². The first kappa shape index (κ1) is 15.0. The fraction of sp³-hybridized carbons (Fsp3) is 0.800. The van der Waals surface area contributed by atoms with Crippen LogP contribution in [0.25, 0.3) is 0 Å². The van der Waals surface area contributed by atoms with Crippen molar-refractivity contribution < 1.29 is 23.6 Å². The molecule has 116 valence electrons. The van der Waals surface area contributed by atoms with Crippen LogP contribution < -0.4 is 0 Å². The van der Waals surface area contributed by atoms with Crippen molar-refractivity contribution in [2.75, 3.05) is 0 Å². The van der Waals surface area contributed by atoms with Crippen molar-refractivity contribution in [3.63, 3.8) is 0 Å². The number of hydrogen-bond donors (Lipinski definition) is 1. The standard InChI is InChI=1S/C15H22BFO4/c1-9(14-6-15(7-14,8-14)11(18)19)10(17)16-20-12(2,3)13(4,5)21-16/h6-8H2,1-5H3,(H,18,19). The van der Waals surface area contributed by atoms with Gasteiger partial charge in [0, 0.05) is 0 Å². The monoisotopic (exact) mass is 296 g/mol. The lowest BCUT2D eigenvalue weighted by atomic mass is 9.33. The minimum absolute atomic E-state index is 0.286. The van der Waals surface area contributed by atoms with Crippen molar-refractivity contribution >= 4 is 13.1 Å². The molecule has 0 spiro atoms. The Morgan fingerprint density at radius 3 is 1.86 bits per heavy atom. The quantitative estimate of drug-likeness (QED) is 0.813. The Balaban J connectivity index is 1.78. The maximum atomic E-state index is 14.7. The summed E-state index contributed by atoms with van der Waals surface area (Å²) in [4.78, 5) is 11.1. The molecule has 0 radical (unpaired) electrons.